The van der Waals surface area contributed by atoms with E-state index >= 15 is 0 Å². The van der Waals surface area contributed by atoms with Gasteiger partial charge in [-0.05, 0) is 63.3 Å². The molecular formula is C27H31N7O2. The van der Waals surface area contributed by atoms with Crippen molar-refractivity contribution in [3.05, 3.63) is 66.0 Å². The molecule has 0 aliphatic heterocycles. The molecule has 2 aromatic carbocycles. The number of amides is 1. The molecule has 36 heavy (non-hydrogen) atoms. The topological polar surface area (TPSA) is 102 Å². The van der Waals surface area contributed by atoms with Crippen molar-refractivity contribution in [1.82, 2.24) is 24.6 Å². The van der Waals surface area contributed by atoms with Crippen LogP contribution in [0.2, 0.25) is 0 Å². The first-order valence-electron chi connectivity index (χ1n) is 11.5. The van der Waals surface area contributed by atoms with Crippen LogP contribution in [0.4, 0.5) is 11.5 Å². The Kier molecular flexibility index (Phi) is 7.03. The lowest BCUT2D eigenvalue weighted by molar-refractivity contribution is -0.113. The highest BCUT2D eigenvalue weighted by Crippen LogP contribution is 2.34. The molecule has 0 aliphatic rings. The van der Waals surface area contributed by atoms with Gasteiger partial charge >= 0.3 is 0 Å². The Labute approximate surface area is 210 Å². The summed E-state index contributed by atoms with van der Waals surface area (Å²) in [5, 5.41) is 5.56. The molecule has 0 unspecified atom stereocenters. The number of aryl methyl sites for hydroxylation is 2. The molecule has 2 N–H and O–H groups in total. The van der Waals surface area contributed by atoms with Gasteiger partial charge in [-0.25, -0.2) is 14.6 Å². The standard InChI is InChI=1S/C27H31N7O2/c1-17-12-20(33(5)23(35)8-7-11-32(3)4)15-21(13-17)34-27-24(26(28)29-16-30-27)25(31-34)19-10-9-18(2)22(14-19)36-6/h7-10,12-16H,11H2,1-6H3,(H2,28,29,30)/b8-7+. The minimum Gasteiger partial charge on any atom is -0.496 e. The molecule has 0 bridgehead atoms. The highest BCUT2D eigenvalue weighted by Gasteiger charge is 2.20. The van der Waals surface area contributed by atoms with E-state index in [2.05, 4.69) is 9.97 Å². The summed E-state index contributed by atoms with van der Waals surface area (Å²) in [6, 6.07) is 11.8. The SMILES string of the molecule is COc1cc(-c2nn(-c3cc(C)cc(N(C)C(=O)/C=C/CN(C)C)c3)c3ncnc(N)c23)ccc1C. The second-order valence-corrected chi connectivity index (χ2v) is 8.99. The molecular weight excluding hydrogens is 454 g/mol. The Morgan fingerprint density at radius 3 is 2.61 bits per heavy atom. The number of ether oxygens (including phenoxy) is 1. The maximum atomic E-state index is 12.8. The summed E-state index contributed by atoms with van der Waals surface area (Å²) in [6.07, 6.45) is 4.86. The lowest BCUT2D eigenvalue weighted by Crippen LogP contribution is -2.24. The predicted molar refractivity (Wildman–Crippen MR) is 144 cm³/mol. The zero-order chi connectivity index (χ0) is 26.0. The van der Waals surface area contributed by atoms with Gasteiger partial charge < -0.3 is 20.3 Å². The van der Waals surface area contributed by atoms with Crippen LogP contribution in [-0.4, -0.2) is 65.4 Å². The lowest BCUT2D eigenvalue weighted by Gasteiger charge is -2.18. The van der Waals surface area contributed by atoms with Crippen LogP contribution in [0.15, 0.2) is 54.9 Å². The first kappa shape index (κ1) is 24.9. The fourth-order valence-electron chi connectivity index (χ4n) is 3.99. The van der Waals surface area contributed by atoms with Crippen molar-refractivity contribution >= 4 is 28.4 Å². The molecule has 186 valence electrons. The molecule has 0 spiro atoms. The number of hydrogen-bond acceptors (Lipinski definition) is 7. The maximum Gasteiger partial charge on any atom is 0.250 e. The Morgan fingerprint density at radius 1 is 1.11 bits per heavy atom. The Balaban J connectivity index is 1.83. The number of hydrogen-bond donors (Lipinski definition) is 1. The van der Waals surface area contributed by atoms with Crippen LogP contribution >= 0.6 is 0 Å². The van der Waals surface area contributed by atoms with Crippen LogP contribution in [0, 0.1) is 13.8 Å². The van der Waals surface area contributed by atoms with Gasteiger partial charge in [-0.1, -0.05) is 18.2 Å². The Hall–Kier alpha value is -4.24. The number of nitrogens with two attached hydrogens (primary N) is 1. The number of rotatable bonds is 7. The van der Waals surface area contributed by atoms with E-state index in [0.29, 0.717) is 29.1 Å². The van der Waals surface area contributed by atoms with Gasteiger partial charge in [0, 0.05) is 30.9 Å². The maximum absolute atomic E-state index is 12.8. The summed E-state index contributed by atoms with van der Waals surface area (Å²) in [7, 11) is 7.31. The summed E-state index contributed by atoms with van der Waals surface area (Å²) in [4.78, 5) is 25.1. The number of methoxy groups -OCH3 is 1. The van der Waals surface area contributed by atoms with Crippen molar-refractivity contribution in [2.45, 2.75) is 13.8 Å². The fourth-order valence-corrected chi connectivity index (χ4v) is 3.99. The van der Waals surface area contributed by atoms with E-state index in [1.54, 1.807) is 29.8 Å². The van der Waals surface area contributed by atoms with Gasteiger partial charge in [0.2, 0.25) is 5.91 Å². The smallest absolute Gasteiger partial charge is 0.250 e. The number of benzene rings is 2. The highest BCUT2D eigenvalue weighted by atomic mass is 16.5. The highest BCUT2D eigenvalue weighted by molar-refractivity contribution is 6.02. The first-order chi connectivity index (χ1) is 17.2. The number of fused-ring (bicyclic) bond motifs is 1. The van der Waals surface area contributed by atoms with Gasteiger partial charge in [-0.2, -0.15) is 5.10 Å². The molecule has 0 aliphatic carbocycles. The Bertz CT molecular complexity index is 1460. The molecule has 4 aromatic rings. The van der Waals surface area contributed by atoms with Crippen molar-refractivity contribution in [2.75, 3.05) is 45.4 Å². The largest absolute Gasteiger partial charge is 0.496 e. The van der Waals surface area contributed by atoms with E-state index in [1.165, 1.54) is 6.33 Å². The number of nitrogen functional groups attached to an aromatic ring is 1. The number of carbonyl (C=O) groups excluding carboxylic acids is 1. The van der Waals surface area contributed by atoms with Gasteiger partial charge in [-0.3, -0.25) is 4.79 Å². The van der Waals surface area contributed by atoms with Crippen LogP contribution in [0.5, 0.6) is 5.75 Å². The van der Waals surface area contributed by atoms with Crippen LogP contribution in [0.3, 0.4) is 0 Å². The molecule has 0 saturated heterocycles. The van der Waals surface area contributed by atoms with Gasteiger partial charge in [-0.15, -0.1) is 0 Å². The average molecular weight is 486 g/mol. The van der Waals surface area contributed by atoms with E-state index in [1.807, 2.05) is 75.3 Å². The quantitative estimate of drug-likeness (QED) is 0.398. The van der Waals surface area contributed by atoms with E-state index in [9.17, 15) is 4.79 Å². The molecule has 0 saturated carbocycles. The summed E-state index contributed by atoms with van der Waals surface area (Å²) >= 11 is 0. The third-order valence-corrected chi connectivity index (χ3v) is 5.92. The summed E-state index contributed by atoms with van der Waals surface area (Å²) in [5.74, 6) is 0.982. The third kappa shape index (κ3) is 4.92. The van der Waals surface area contributed by atoms with E-state index < -0.39 is 0 Å². The first-order valence-corrected chi connectivity index (χ1v) is 11.5. The van der Waals surface area contributed by atoms with E-state index in [0.717, 1.165) is 33.8 Å². The monoisotopic (exact) mass is 485 g/mol. The zero-order valence-corrected chi connectivity index (χ0v) is 21.5. The van der Waals surface area contributed by atoms with E-state index in [4.69, 9.17) is 15.6 Å². The van der Waals surface area contributed by atoms with Crippen molar-refractivity contribution < 1.29 is 9.53 Å². The molecule has 9 nitrogen and oxygen atoms in total. The van der Waals surface area contributed by atoms with E-state index in [-0.39, 0.29) is 5.91 Å². The van der Waals surface area contributed by atoms with Crippen molar-refractivity contribution in [3.63, 3.8) is 0 Å². The minimum atomic E-state index is -0.113. The minimum absolute atomic E-state index is 0.113. The van der Waals surface area contributed by atoms with Gasteiger partial charge in [0.15, 0.2) is 5.65 Å². The van der Waals surface area contributed by atoms with Crippen molar-refractivity contribution in [3.8, 4) is 22.7 Å². The molecule has 9 heteroatoms. The van der Waals surface area contributed by atoms with Crippen LogP contribution < -0.4 is 15.4 Å². The summed E-state index contributed by atoms with van der Waals surface area (Å²) in [6.45, 7) is 4.65. The Morgan fingerprint density at radius 2 is 1.89 bits per heavy atom. The van der Waals surface area contributed by atoms with Gasteiger partial charge in [0.05, 0.1) is 18.2 Å². The van der Waals surface area contributed by atoms with Crippen LogP contribution in [-0.2, 0) is 4.79 Å². The number of likely N-dealkylation sites (N-methyl/N-ethyl adjacent to an activating group) is 2. The number of nitrogens with zero attached hydrogens (tertiary/aromatic N) is 6. The normalized spacial score (nSPS) is 11.5. The second kappa shape index (κ2) is 10.2. The fraction of sp³-hybridized carbons (Fsp3) is 0.259. The van der Waals surface area contributed by atoms with Crippen molar-refractivity contribution in [1.29, 1.82) is 0 Å². The third-order valence-electron chi connectivity index (χ3n) is 5.92. The number of aromatic nitrogens is 4. The van der Waals surface area contributed by atoms with Crippen LogP contribution in [0.1, 0.15) is 11.1 Å². The van der Waals surface area contributed by atoms with Crippen LogP contribution in [0.25, 0.3) is 28.0 Å². The lowest BCUT2D eigenvalue weighted by atomic mass is 10.1. The number of carbonyl (C=O) groups is 1. The molecule has 4 rings (SSSR count). The zero-order valence-electron chi connectivity index (χ0n) is 21.5. The molecule has 0 atom stereocenters. The summed E-state index contributed by atoms with van der Waals surface area (Å²) in [5.41, 5.74) is 11.9. The van der Waals surface area contributed by atoms with Gasteiger partial charge in [0.1, 0.15) is 23.6 Å². The molecule has 2 aromatic heterocycles. The second-order valence-electron chi connectivity index (χ2n) is 8.99. The molecule has 2 heterocycles. The van der Waals surface area contributed by atoms with Crippen molar-refractivity contribution in [2.24, 2.45) is 0 Å². The average Bonchev–Trinajstić information content (AvgIpc) is 3.24. The summed E-state index contributed by atoms with van der Waals surface area (Å²) < 4.78 is 7.26. The molecule has 0 fully saturated rings. The molecule has 1 amide bonds. The molecule has 0 radical (unpaired) electrons. The number of anilines is 2. The van der Waals surface area contributed by atoms with Gasteiger partial charge in [0.25, 0.3) is 0 Å². The predicted octanol–water partition coefficient (Wildman–Crippen LogP) is 3.77.